The second-order valence-corrected chi connectivity index (χ2v) is 7.86. The Morgan fingerprint density at radius 2 is 1.81 bits per heavy atom. The van der Waals surface area contributed by atoms with E-state index in [2.05, 4.69) is 22.1 Å². The molecule has 0 saturated carbocycles. The molecule has 10 heteroatoms. The Morgan fingerprint density at radius 1 is 1.12 bits per heavy atom. The number of halogens is 1. The summed E-state index contributed by atoms with van der Waals surface area (Å²) in [6.07, 6.45) is 1.74. The maximum Gasteiger partial charge on any atom is 0.234 e. The predicted molar refractivity (Wildman–Crippen MR) is 125 cm³/mol. The summed E-state index contributed by atoms with van der Waals surface area (Å²) in [6.45, 7) is 4.50. The zero-order valence-electron chi connectivity index (χ0n) is 17.7. The third-order valence-corrected chi connectivity index (χ3v) is 5.47. The maximum atomic E-state index is 12.5. The second kappa shape index (κ2) is 11.4. The molecule has 32 heavy (non-hydrogen) atoms. The lowest BCUT2D eigenvalue weighted by Crippen LogP contribution is -2.15. The Hall–Kier alpha value is -3.17. The lowest BCUT2D eigenvalue weighted by molar-refractivity contribution is -0.113. The molecule has 3 rings (SSSR count). The maximum absolute atomic E-state index is 12.5. The highest BCUT2D eigenvalue weighted by molar-refractivity contribution is 7.99. The van der Waals surface area contributed by atoms with Crippen molar-refractivity contribution in [2.45, 2.75) is 18.3 Å². The number of ether oxygens (including phenoxy) is 3. The number of methoxy groups -OCH3 is 2. The molecule has 0 fully saturated rings. The van der Waals surface area contributed by atoms with Crippen molar-refractivity contribution in [1.82, 2.24) is 14.8 Å². The van der Waals surface area contributed by atoms with Gasteiger partial charge in [0.25, 0.3) is 0 Å². The molecule has 0 saturated heterocycles. The second-order valence-electron chi connectivity index (χ2n) is 6.48. The number of hydrogen-bond acceptors (Lipinski definition) is 7. The largest absolute Gasteiger partial charge is 0.497 e. The minimum Gasteiger partial charge on any atom is -0.497 e. The van der Waals surface area contributed by atoms with Crippen LogP contribution in [0.1, 0.15) is 5.82 Å². The van der Waals surface area contributed by atoms with Crippen LogP contribution in [-0.2, 0) is 17.9 Å². The zero-order valence-corrected chi connectivity index (χ0v) is 19.3. The number of carbonyl (C=O) groups excluding carboxylic acids is 1. The van der Waals surface area contributed by atoms with E-state index < -0.39 is 0 Å². The normalized spacial score (nSPS) is 10.5. The van der Waals surface area contributed by atoms with Crippen molar-refractivity contribution in [3.8, 4) is 17.2 Å². The first kappa shape index (κ1) is 23.5. The van der Waals surface area contributed by atoms with Crippen LogP contribution < -0.4 is 19.5 Å². The quantitative estimate of drug-likeness (QED) is 0.324. The Bertz CT molecular complexity index is 1050. The van der Waals surface area contributed by atoms with Crippen LogP contribution in [0, 0.1) is 0 Å². The van der Waals surface area contributed by atoms with Gasteiger partial charge in [-0.15, -0.1) is 16.8 Å². The van der Waals surface area contributed by atoms with Gasteiger partial charge in [0.15, 0.2) is 11.0 Å². The van der Waals surface area contributed by atoms with E-state index in [0.717, 1.165) is 0 Å². The van der Waals surface area contributed by atoms with Crippen LogP contribution in [0.15, 0.2) is 60.3 Å². The zero-order chi connectivity index (χ0) is 22.9. The van der Waals surface area contributed by atoms with Crippen molar-refractivity contribution in [2.75, 3.05) is 25.3 Å². The summed E-state index contributed by atoms with van der Waals surface area (Å²) >= 11 is 7.17. The number of carbonyl (C=O) groups is 1. The first-order chi connectivity index (χ1) is 15.5. The first-order valence-electron chi connectivity index (χ1n) is 9.59. The number of allylic oxidation sites excluding steroid dienone is 1. The van der Waals surface area contributed by atoms with E-state index in [9.17, 15) is 4.79 Å². The molecule has 168 valence electrons. The van der Waals surface area contributed by atoms with E-state index in [4.69, 9.17) is 25.8 Å². The third-order valence-electron chi connectivity index (χ3n) is 4.25. The summed E-state index contributed by atoms with van der Waals surface area (Å²) in [5.41, 5.74) is 0.580. The third kappa shape index (κ3) is 6.41. The van der Waals surface area contributed by atoms with Crippen molar-refractivity contribution >= 4 is 35.0 Å². The van der Waals surface area contributed by atoms with Crippen LogP contribution >= 0.6 is 23.4 Å². The molecule has 0 unspecified atom stereocenters. The molecule has 3 aromatic rings. The van der Waals surface area contributed by atoms with Gasteiger partial charge in [0.1, 0.15) is 23.9 Å². The van der Waals surface area contributed by atoms with Gasteiger partial charge >= 0.3 is 0 Å². The van der Waals surface area contributed by atoms with Crippen molar-refractivity contribution in [3.05, 3.63) is 66.0 Å². The Morgan fingerprint density at radius 3 is 2.44 bits per heavy atom. The van der Waals surface area contributed by atoms with Crippen LogP contribution in [0.2, 0.25) is 5.02 Å². The highest BCUT2D eigenvalue weighted by Crippen LogP contribution is 2.26. The van der Waals surface area contributed by atoms with Gasteiger partial charge in [-0.25, -0.2) is 0 Å². The fraction of sp³-hybridized carbons (Fsp3) is 0.227. The molecule has 8 nitrogen and oxygen atoms in total. The van der Waals surface area contributed by atoms with Gasteiger partial charge in [0.2, 0.25) is 5.91 Å². The van der Waals surface area contributed by atoms with E-state index >= 15 is 0 Å². The molecule has 0 spiro atoms. The molecule has 1 aromatic heterocycles. The Labute approximate surface area is 195 Å². The highest BCUT2D eigenvalue weighted by Gasteiger charge is 2.15. The monoisotopic (exact) mass is 474 g/mol. The van der Waals surface area contributed by atoms with Crippen LogP contribution in [0.4, 0.5) is 5.69 Å². The van der Waals surface area contributed by atoms with Gasteiger partial charge in [-0.1, -0.05) is 29.4 Å². The van der Waals surface area contributed by atoms with E-state index in [1.807, 2.05) is 4.57 Å². The predicted octanol–water partition coefficient (Wildman–Crippen LogP) is 4.44. The van der Waals surface area contributed by atoms with E-state index in [0.29, 0.717) is 45.5 Å². The molecule has 0 radical (unpaired) electrons. The molecule has 2 aromatic carbocycles. The summed E-state index contributed by atoms with van der Waals surface area (Å²) in [5, 5.41) is 12.5. The molecule has 0 aliphatic rings. The summed E-state index contributed by atoms with van der Waals surface area (Å²) in [6, 6.07) is 12.2. The van der Waals surface area contributed by atoms with Gasteiger partial charge in [-0.2, -0.15) is 0 Å². The number of nitrogens with zero attached hydrogens (tertiary/aromatic N) is 3. The lowest BCUT2D eigenvalue weighted by Gasteiger charge is -2.11. The van der Waals surface area contributed by atoms with Crippen LogP contribution in [0.25, 0.3) is 0 Å². The van der Waals surface area contributed by atoms with E-state index in [-0.39, 0.29) is 18.3 Å². The van der Waals surface area contributed by atoms with Gasteiger partial charge in [-0.05, 0) is 24.3 Å². The highest BCUT2D eigenvalue weighted by atomic mass is 35.5. The number of aromatic nitrogens is 3. The van der Waals surface area contributed by atoms with E-state index in [1.165, 1.54) is 11.8 Å². The van der Waals surface area contributed by atoms with Gasteiger partial charge < -0.3 is 19.5 Å². The van der Waals surface area contributed by atoms with Crippen LogP contribution in [-0.4, -0.2) is 40.6 Å². The lowest BCUT2D eigenvalue weighted by atomic mass is 10.2. The fourth-order valence-electron chi connectivity index (χ4n) is 2.73. The minimum atomic E-state index is -0.197. The van der Waals surface area contributed by atoms with Crippen molar-refractivity contribution in [2.24, 2.45) is 0 Å². The molecule has 0 aliphatic heterocycles. The van der Waals surface area contributed by atoms with Crippen molar-refractivity contribution in [1.29, 1.82) is 0 Å². The summed E-state index contributed by atoms with van der Waals surface area (Å²) in [7, 11) is 3.10. The minimum absolute atomic E-state index is 0.146. The number of amides is 1. The molecule has 1 heterocycles. The molecule has 0 bridgehead atoms. The Kier molecular flexibility index (Phi) is 8.41. The number of nitrogens with one attached hydrogen (secondary N) is 1. The Balaban J connectivity index is 1.62. The summed E-state index contributed by atoms with van der Waals surface area (Å²) in [5.74, 6) is 2.42. The smallest absolute Gasteiger partial charge is 0.234 e. The van der Waals surface area contributed by atoms with Gasteiger partial charge in [0.05, 0.1) is 20.0 Å². The van der Waals surface area contributed by atoms with Crippen LogP contribution in [0.3, 0.4) is 0 Å². The topological polar surface area (TPSA) is 87.5 Å². The average molecular weight is 475 g/mol. The first-order valence-corrected chi connectivity index (χ1v) is 11.0. The van der Waals surface area contributed by atoms with Crippen LogP contribution in [0.5, 0.6) is 17.2 Å². The average Bonchev–Trinajstić information content (AvgIpc) is 3.18. The molecule has 0 aliphatic carbocycles. The summed E-state index contributed by atoms with van der Waals surface area (Å²) in [4.78, 5) is 12.5. The van der Waals surface area contributed by atoms with E-state index in [1.54, 1.807) is 62.8 Å². The number of benzene rings is 2. The number of hydrogen-bond donors (Lipinski definition) is 1. The molecular formula is C22H23ClN4O4S. The number of thioether (sulfide) groups is 1. The SMILES string of the molecule is C=CCn1c(COc2ccc(Cl)cc2)nnc1SCC(=O)Nc1cc(OC)cc(OC)c1. The van der Waals surface area contributed by atoms with Gasteiger partial charge in [0, 0.05) is 35.5 Å². The molecular weight excluding hydrogens is 452 g/mol. The van der Waals surface area contributed by atoms with Crippen molar-refractivity contribution < 1.29 is 19.0 Å². The molecule has 1 N–H and O–H groups in total. The number of anilines is 1. The fourth-order valence-corrected chi connectivity index (χ4v) is 3.62. The standard InChI is InChI=1S/C22H23ClN4O4S/c1-4-9-27-20(13-31-17-7-5-15(23)6-8-17)25-26-22(27)32-14-21(28)24-16-10-18(29-2)12-19(11-16)30-3/h4-8,10-12H,1,9,13-14H2,2-3H3,(H,24,28). The number of rotatable bonds is 11. The van der Waals surface area contributed by atoms with Crippen molar-refractivity contribution in [3.63, 3.8) is 0 Å². The molecule has 1 amide bonds. The molecule has 0 atom stereocenters. The summed E-state index contributed by atoms with van der Waals surface area (Å²) < 4.78 is 18.1. The van der Waals surface area contributed by atoms with Gasteiger partial charge in [-0.3, -0.25) is 9.36 Å².